The molecule has 2 fully saturated rings. The van der Waals surface area contributed by atoms with Gasteiger partial charge in [-0.05, 0) is 42.7 Å². The van der Waals surface area contributed by atoms with E-state index in [4.69, 9.17) is 0 Å². The third kappa shape index (κ3) is 3.08. The van der Waals surface area contributed by atoms with Crippen molar-refractivity contribution in [3.63, 3.8) is 0 Å². The molecule has 1 spiro atoms. The lowest BCUT2D eigenvalue weighted by atomic mass is 9.90. The van der Waals surface area contributed by atoms with E-state index >= 15 is 0 Å². The molecule has 2 amide bonds. The van der Waals surface area contributed by atoms with Crippen LogP contribution in [0.15, 0.2) is 24.5 Å². The normalized spacial score (nSPS) is 21.3. The van der Waals surface area contributed by atoms with Gasteiger partial charge in [-0.25, -0.2) is 0 Å². The SMILES string of the molecule is CC(C)C(=O)N1CCC2(CC1)CC2CNC(=O)c1cc2cnccc2[nH]1. The third-order valence-electron chi connectivity index (χ3n) is 6.10. The molecule has 4 rings (SSSR count). The van der Waals surface area contributed by atoms with Crippen molar-refractivity contribution in [3.05, 3.63) is 30.2 Å². The van der Waals surface area contributed by atoms with Gasteiger partial charge in [0.05, 0.1) is 0 Å². The maximum Gasteiger partial charge on any atom is 0.267 e. The molecule has 6 heteroatoms. The van der Waals surface area contributed by atoms with Crippen LogP contribution in [0.4, 0.5) is 0 Å². The Labute approximate surface area is 153 Å². The van der Waals surface area contributed by atoms with Crippen LogP contribution in [0.3, 0.4) is 0 Å². The van der Waals surface area contributed by atoms with Gasteiger partial charge in [0.2, 0.25) is 5.91 Å². The second kappa shape index (κ2) is 6.41. The van der Waals surface area contributed by atoms with E-state index in [1.54, 1.807) is 12.4 Å². The van der Waals surface area contributed by atoms with Crippen LogP contribution in [0.5, 0.6) is 0 Å². The summed E-state index contributed by atoms with van der Waals surface area (Å²) in [4.78, 5) is 33.8. The highest BCUT2D eigenvalue weighted by Gasteiger charge is 2.54. The largest absolute Gasteiger partial charge is 0.350 e. The van der Waals surface area contributed by atoms with E-state index < -0.39 is 0 Å². The Balaban J connectivity index is 1.29. The van der Waals surface area contributed by atoms with Crippen LogP contribution < -0.4 is 5.32 Å². The molecule has 3 heterocycles. The first-order chi connectivity index (χ1) is 12.5. The van der Waals surface area contributed by atoms with Gasteiger partial charge in [-0.1, -0.05) is 13.8 Å². The Morgan fingerprint density at radius 2 is 2.15 bits per heavy atom. The van der Waals surface area contributed by atoms with Gasteiger partial charge in [0, 0.05) is 48.8 Å². The summed E-state index contributed by atoms with van der Waals surface area (Å²) in [5.41, 5.74) is 1.85. The van der Waals surface area contributed by atoms with Gasteiger partial charge in [-0.3, -0.25) is 14.6 Å². The molecule has 0 bridgehead atoms. The number of fused-ring (bicyclic) bond motifs is 1. The number of hydrogen-bond donors (Lipinski definition) is 2. The fourth-order valence-electron chi connectivity index (χ4n) is 4.28. The monoisotopic (exact) mass is 354 g/mol. The quantitative estimate of drug-likeness (QED) is 0.886. The molecule has 0 aromatic carbocycles. The van der Waals surface area contributed by atoms with Crippen LogP contribution in [0, 0.1) is 17.3 Å². The number of hydrogen-bond acceptors (Lipinski definition) is 3. The lowest BCUT2D eigenvalue weighted by molar-refractivity contribution is -0.136. The average molecular weight is 354 g/mol. The molecule has 1 aliphatic carbocycles. The molecule has 138 valence electrons. The minimum Gasteiger partial charge on any atom is -0.350 e. The Hall–Kier alpha value is -2.37. The summed E-state index contributed by atoms with van der Waals surface area (Å²) in [5.74, 6) is 0.813. The molecular weight excluding hydrogens is 328 g/mol. The molecular formula is C20H26N4O2. The van der Waals surface area contributed by atoms with Crippen molar-refractivity contribution in [2.75, 3.05) is 19.6 Å². The Bertz CT molecular complexity index is 800. The van der Waals surface area contributed by atoms with Crippen molar-refractivity contribution in [1.82, 2.24) is 20.2 Å². The van der Waals surface area contributed by atoms with E-state index in [2.05, 4.69) is 15.3 Å². The standard InChI is InChI=1S/C20H26N4O2/c1-13(2)19(26)24-7-4-20(5-8-24)10-15(20)12-22-18(25)17-9-14-11-21-6-3-16(14)23-17/h3,6,9,11,13,15,23H,4-5,7-8,10,12H2,1-2H3,(H,22,25). The number of carbonyl (C=O) groups is 2. The topological polar surface area (TPSA) is 78.1 Å². The number of aromatic amines is 1. The number of H-pyrrole nitrogens is 1. The van der Waals surface area contributed by atoms with Crippen molar-refractivity contribution in [2.45, 2.75) is 33.1 Å². The van der Waals surface area contributed by atoms with Crippen molar-refractivity contribution in [1.29, 1.82) is 0 Å². The summed E-state index contributed by atoms with van der Waals surface area (Å²) >= 11 is 0. The summed E-state index contributed by atoms with van der Waals surface area (Å²) in [6.45, 7) is 6.35. The minimum absolute atomic E-state index is 0.0596. The van der Waals surface area contributed by atoms with Crippen molar-refractivity contribution < 1.29 is 9.59 Å². The molecule has 2 N–H and O–H groups in total. The van der Waals surface area contributed by atoms with Gasteiger partial charge in [0.25, 0.3) is 5.91 Å². The fourth-order valence-corrected chi connectivity index (χ4v) is 4.28. The van der Waals surface area contributed by atoms with Crippen LogP contribution in [-0.2, 0) is 4.79 Å². The highest BCUT2D eigenvalue weighted by atomic mass is 16.2. The number of likely N-dealkylation sites (tertiary alicyclic amines) is 1. The van der Waals surface area contributed by atoms with E-state index in [1.807, 2.05) is 30.9 Å². The van der Waals surface area contributed by atoms with Crippen molar-refractivity contribution in [2.24, 2.45) is 17.3 Å². The first-order valence-corrected chi connectivity index (χ1v) is 9.48. The molecule has 1 unspecified atom stereocenters. The second-order valence-corrected chi connectivity index (χ2v) is 8.10. The molecule has 1 saturated heterocycles. The summed E-state index contributed by atoms with van der Waals surface area (Å²) in [6, 6.07) is 3.71. The fraction of sp³-hybridized carbons (Fsp3) is 0.550. The van der Waals surface area contributed by atoms with Gasteiger partial charge in [0.15, 0.2) is 0 Å². The Kier molecular flexibility index (Phi) is 4.21. The van der Waals surface area contributed by atoms with Gasteiger partial charge in [-0.2, -0.15) is 0 Å². The minimum atomic E-state index is -0.0596. The predicted octanol–water partition coefficient (Wildman–Crippen LogP) is 2.58. The average Bonchev–Trinajstić information content (AvgIpc) is 3.12. The third-order valence-corrected chi connectivity index (χ3v) is 6.10. The number of nitrogens with zero attached hydrogens (tertiary/aromatic N) is 2. The van der Waals surface area contributed by atoms with Gasteiger partial charge < -0.3 is 15.2 Å². The highest BCUT2D eigenvalue weighted by Crippen LogP contribution is 2.59. The molecule has 6 nitrogen and oxygen atoms in total. The number of carbonyl (C=O) groups excluding carboxylic acids is 2. The van der Waals surface area contributed by atoms with Gasteiger partial charge in [0.1, 0.15) is 5.69 Å². The summed E-state index contributed by atoms with van der Waals surface area (Å²) < 4.78 is 0. The number of aromatic nitrogens is 2. The van der Waals surface area contributed by atoms with E-state index in [0.717, 1.165) is 43.3 Å². The van der Waals surface area contributed by atoms with E-state index in [0.29, 0.717) is 23.6 Å². The predicted molar refractivity (Wildman–Crippen MR) is 99.6 cm³/mol. The molecule has 0 radical (unpaired) electrons. The number of nitrogens with one attached hydrogen (secondary N) is 2. The summed E-state index contributed by atoms with van der Waals surface area (Å²) in [5, 5.41) is 4.02. The van der Waals surface area contributed by atoms with Gasteiger partial charge >= 0.3 is 0 Å². The lowest BCUT2D eigenvalue weighted by Gasteiger charge is -2.34. The molecule has 1 aliphatic heterocycles. The molecule has 1 atom stereocenters. The number of piperidine rings is 1. The van der Waals surface area contributed by atoms with Crippen LogP contribution in [-0.4, -0.2) is 46.3 Å². The highest BCUT2D eigenvalue weighted by molar-refractivity contribution is 5.97. The first-order valence-electron chi connectivity index (χ1n) is 9.48. The van der Waals surface area contributed by atoms with Crippen LogP contribution in [0.1, 0.15) is 43.6 Å². The van der Waals surface area contributed by atoms with Crippen LogP contribution in [0.2, 0.25) is 0 Å². The van der Waals surface area contributed by atoms with Crippen LogP contribution >= 0.6 is 0 Å². The lowest BCUT2D eigenvalue weighted by Crippen LogP contribution is -2.42. The number of pyridine rings is 1. The first kappa shape index (κ1) is 17.1. The number of amides is 2. The maximum atomic E-state index is 12.4. The second-order valence-electron chi connectivity index (χ2n) is 8.10. The Morgan fingerprint density at radius 1 is 1.38 bits per heavy atom. The number of rotatable bonds is 4. The van der Waals surface area contributed by atoms with E-state index in [9.17, 15) is 9.59 Å². The zero-order chi connectivity index (χ0) is 18.3. The van der Waals surface area contributed by atoms with E-state index in [-0.39, 0.29) is 17.7 Å². The zero-order valence-corrected chi connectivity index (χ0v) is 15.4. The van der Waals surface area contributed by atoms with Crippen molar-refractivity contribution in [3.8, 4) is 0 Å². The molecule has 2 aromatic heterocycles. The molecule has 2 aromatic rings. The van der Waals surface area contributed by atoms with Crippen LogP contribution in [0.25, 0.3) is 10.9 Å². The van der Waals surface area contributed by atoms with E-state index in [1.165, 1.54) is 0 Å². The van der Waals surface area contributed by atoms with Crippen molar-refractivity contribution >= 4 is 22.7 Å². The molecule has 26 heavy (non-hydrogen) atoms. The summed E-state index contributed by atoms with van der Waals surface area (Å²) in [7, 11) is 0. The smallest absolute Gasteiger partial charge is 0.267 e. The molecule has 1 saturated carbocycles. The Morgan fingerprint density at radius 3 is 2.85 bits per heavy atom. The zero-order valence-electron chi connectivity index (χ0n) is 15.4. The summed E-state index contributed by atoms with van der Waals surface area (Å²) in [6.07, 6.45) is 6.75. The molecule has 2 aliphatic rings. The maximum absolute atomic E-state index is 12.4. The van der Waals surface area contributed by atoms with Gasteiger partial charge in [-0.15, -0.1) is 0 Å².